The number of aromatic nitrogens is 1. The summed E-state index contributed by atoms with van der Waals surface area (Å²) in [4.78, 5) is 4.24. The molecular weight excluding hydrogens is 523 g/mol. The maximum Gasteiger partial charge on any atom is 0.191 e. The van der Waals surface area contributed by atoms with E-state index >= 15 is 0 Å². The molecule has 150 valence electrons. The Balaban J connectivity index is 0.00000364. The Morgan fingerprint density at radius 1 is 1.22 bits per heavy atom. The highest BCUT2D eigenvalue weighted by atomic mass is 127. The highest BCUT2D eigenvalue weighted by Gasteiger charge is 2.13. The fourth-order valence-electron chi connectivity index (χ4n) is 2.71. The maximum atomic E-state index is 5.43. The molecule has 0 aliphatic rings. The second kappa shape index (κ2) is 12.2. The summed E-state index contributed by atoms with van der Waals surface area (Å²) in [5.41, 5.74) is 2.15. The van der Waals surface area contributed by atoms with Gasteiger partial charge in [0.25, 0.3) is 0 Å². The van der Waals surface area contributed by atoms with E-state index < -0.39 is 0 Å². The van der Waals surface area contributed by atoms with Crippen molar-refractivity contribution in [3.63, 3.8) is 0 Å². The molecule has 27 heavy (non-hydrogen) atoms. The Bertz CT molecular complexity index is 732. The molecule has 1 aromatic carbocycles. The number of nitrogens with zero attached hydrogens (tertiary/aromatic N) is 2. The maximum absolute atomic E-state index is 5.43. The van der Waals surface area contributed by atoms with Gasteiger partial charge in [0.2, 0.25) is 0 Å². The minimum Gasteiger partial charge on any atom is -0.496 e. The largest absolute Gasteiger partial charge is 0.496 e. The Kier molecular flexibility index (Phi) is 10.8. The first-order chi connectivity index (χ1) is 12.6. The van der Waals surface area contributed by atoms with E-state index in [1.54, 1.807) is 14.2 Å². The average molecular weight is 551 g/mol. The van der Waals surface area contributed by atoms with Gasteiger partial charge in [0.05, 0.1) is 23.8 Å². The number of hydrogen-bond acceptors (Lipinski definition) is 4. The van der Waals surface area contributed by atoms with E-state index in [4.69, 9.17) is 9.26 Å². The van der Waals surface area contributed by atoms with Crippen molar-refractivity contribution in [3.05, 3.63) is 45.8 Å². The smallest absolute Gasteiger partial charge is 0.191 e. The van der Waals surface area contributed by atoms with Gasteiger partial charge in [0.1, 0.15) is 5.75 Å². The first-order valence-corrected chi connectivity index (χ1v) is 9.62. The number of nitrogens with one attached hydrogen (secondary N) is 2. The normalized spacial score (nSPS) is 11.3. The van der Waals surface area contributed by atoms with Crippen LogP contribution in [0.4, 0.5) is 0 Å². The average Bonchev–Trinajstić information content (AvgIpc) is 3.12. The molecule has 0 saturated heterocycles. The third-order valence-corrected chi connectivity index (χ3v) is 4.93. The van der Waals surface area contributed by atoms with Crippen LogP contribution in [0, 0.1) is 0 Å². The second-order valence-electron chi connectivity index (χ2n) is 5.98. The molecule has 0 saturated carbocycles. The molecule has 1 aromatic heterocycles. The summed E-state index contributed by atoms with van der Waals surface area (Å²) in [7, 11) is 3.40. The van der Waals surface area contributed by atoms with Gasteiger partial charge in [-0.2, -0.15) is 0 Å². The van der Waals surface area contributed by atoms with Gasteiger partial charge in [-0.1, -0.05) is 25.1 Å². The van der Waals surface area contributed by atoms with Crippen LogP contribution in [0.2, 0.25) is 0 Å². The van der Waals surface area contributed by atoms with Crippen LogP contribution >= 0.6 is 39.9 Å². The number of aliphatic imine (C=N–C) groups is 1. The molecule has 2 aromatic rings. The van der Waals surface area contributed by atoms with Crippen LogP contribution in [0.15, 0.2) is 38.3 Å². The van der Waals surface area contributed by atoms with Crippen LogP contribution in [0.1, 0.15) is 49.6 Å². The van der Waals surface area contributed by atoms with Crippen molar-refractivity contribution < 1.29 is 9.26 Å². The molecule has 0 bridgehead atoms. The summed E-state index contributed by atoms with van der Waals surface area (Å²) in [6, 6.07) is 8.00. The van der Waals surface area contributed by atoms with Crippen LogP contribution in [-0.2, 0) is 13.1 Å². The van der Waals surface area contributed by atoms with E-state index in [1.165, 1.54) is 0 Å². The minimum absolute atomic E-state index is 0. The topological polar surface area (TPSA) is 71.7 Å². The predicted octanol–water partition coefficient (Wildman–Crippen LogP) is 4.83. The van der Waals surface area contributed by atoms with Crippen molar-refractivity contribution >= 4 is 45.9 Å². The van der Waals surface area contributed by atoms with Gasteiger partial charge in [-0.25, -0.2) is 0 Å². The summed E-state index contributed by atoms with van der Waals surface area (Å²) in [5.74, 6) is 2.78. The summed E-state index contributed by atoms with van der Waals surface area (Å²) < 4.78 is 11.6. The zero-order valence-corrected chi connectivity index (χ0v) is 20.1. The van der Waals surface area contributed by atoms with E-state index in [-0.39, 0.29) is 24.0 Å². The molecule has 0 unspecified atom stereocenters. The third-order valence-electron chi connectivity index (χ3n) is 4.31. The number of benzene rings is 1. The van der Waals surface area contributed by atoms with Gasteiger partial charge in [0, 0.05) is 25.6 Å². The molecule has 2 N–H and O–H groups in total. The fraction of sp³-hybridized carbons (Fsp3) is 0.474. The second-order valence-corrected chi connectivity index (χ2v) is 6.83. The molecule has 0 radical (unpaired) electrons. The SMILES string of the molecule is CCC(CC)c1cc(CNC(=NC)NCc2ccc(OC)c(Br)c2)on1.I. The third kappa shape index (κ3) is 6.99. The number of rotatable bonds is 8. The molecule has 0 aliphatic carbocycles. The van der Waals surface area contributed by atoms with Gasteiger partial charge in [-0.3, -0.25) is 4.99 Å². The fourth-order valence-corrected chi connectivity index (χ4v) is 3.30. The van der Waals surface area contributed by atoms with Gasteiger partial charge >= 0.3 is 0 Å². The number of halogens is 2. The predicted molar refractivity (Wildman–Crippen MR) is 123 cm³/mol. The van der Waals surface area contributed by atoms with Crippen LogP contribution in [0.3, 0.4) is 0 Å². The van der Waals surface area contributed by atoms with Crippen molar-refractivity contribution in [3.8, 4) is 5.75 Å². The molecular formula is C19H28BrIN4O2. The van der Waals surface area contributed by atoms with Crippen molar-refractivity contribution in [1.29, 1.82) is 0 Å². The number of hydrogen-bond donors (Lipinski definition) is 2. The molecule has 0 fully saturated rings. The lowest BCUT2D eigenvalue weighted by molar-refractivity contribution is 0.368. The zero-order chi connectivity index (χ0) is 18.9. The van der Waals surface area contributed by atoms with Gasteiger partial charge in [0.15, 0.2) is 11.7 Å². The first kappa shape index (κ1) is 23.7. The van der Waals surface area contributed by atoms with E-state index in [9.17, 15) is 0 Å². The first-order valence-electron chi connectivity index (χ1n) is 8.83. The lowest BCUT2D eigenvalue weighted by Crippen LogP contribution is -2.36. The highest BCUT2D eigenvalue weighted by molar-refractivity contribution is 14.0. The van der Waals surface area contributed by atoms with Gasteiger partial charge < -0.3 is 19.9 Å². The molecule has 0 atom stereocenters. The quantitative estimate of drug-likeness (QED) is 0.280. The van der Waals surface area contributed by atoms with Crippen molar-refractivity contribution in [1.82, 2.24) is 15.8 Å². The van der Waals surface area contributed by atoms with Crippen LogP contribution in [0.25, 0.3) is 0 Å². The molecule has 6 nitrogen and oxygen atoms in total. The lowest BCUT2D eigenvalue weighted by atomic mass is 9.99. The van der Waals surface area contributed by atoms with Crippen molar-refractivity contribution in [2.75, 3.05) is 14.2 Å². The molecule has 0 spiro atoms. The Morgan fingerprint density at radius 3 is 2.52 bits per heavy atom. The van der Waals surface area contributed by atoms with E-state index in [1.807, 2.05) is 24.3 Å². The molecule has 1 heterocycles. The summed E-state index contributed by atoms with van der Waals surface area (Å²) in [6.07, 6.45) is 2.13. The standard InChI is InChI=1S/C19H27BrN4O2.HI/c1-5-14(6-2)17-10-15(26-24-17)12-23-19(21-3)22-11-13-7-8-18(25-4)16(20)9-13;/h7-10,14H,5-6,11-12H2,1-4H3,(H2,21,22,23);1H. The van der Waals surface area contributed by atoms with Crippen LogP contribution in [-0.4, -0.2) is 25.3 Å². The lowest BCUT2D eigenvalue weighted by Gasteiger charge is -2.12. The van der Waals surface area contributed by atoms with Crippen LogP contribution < -0.4 is 15.4 Å². The summed E-state index contributed by atoms with van der Waals surface area (Å²) in [5, 5.41) is 10.7. The van der Waals surface area contributed by atoms with Crippen molar-refractivity contribution in [2.24, 2.45) is 4.99 Å². The van der Waals surface area contributed by atoms with Crippen LogP contribution in [0.5, 0.6) is 5.75 Å². The number of guanidine groups is 1. The molecule has 0 aliphatic heterocycles. The monoisotopic (exact) mass is 550 g/mol. The van der Waals surface area contributed by atoms with E-state index in [0.717, 1.165) is 40.1 Å². The van der Waals surface area contributed by atoms with Gasteiger partial charge in [-0.05, 0) is 46.5 Å². The Hall–Kier alpha value is -1.29. The van der Waals surface area contributed by atoms with Gasteiger partial charge in [-0.15, -0.1) is 24.0 Å². The van der Waals surface area contributed by atoms with E-state index in [0.29, 0.717) is 25.0 Å². The Morgan fingerprint density at radius 2 is 1.93 bits per heavy atom. The van der Waals surface area contributed by atoms with E-state index in [2.05, 4.69) is 50.6 Å². The highest BCUT2D eigenvalue weighted by Crippen LogP contribution is 2.25. The molecule has 2 rings (SSSR count). The number of ether oxygens (including phenoxy) is 1. The van der Waals surface area contributed by atoms with Crippen molar-refractivity contribution in [2.45, 2.75) is 45.7 Å². The zero-order valence-electron chi connectivity index (χ0n) is 16.2. The molecule has 8 heteroatoms. The summed E-state index contributed by atoms with van der Waals surface area (Å²) in [6.45, 7) is 5.53. The number of methoxy groups -OCH3 is 1. The Labute approximate surface area is 186 Å². The summed E-state index contributed by atoms with van der Waals surface area (Å²) >= 11 is 3.50. The molecule has 0 amide bonds. The minimum atomic E-state index is 0.